The van der Waals surface area contributed by atoms with E-state index in [1.807, 2.05) is 0 Å². The number of halogens is 1. The van der Waals surface area contributed by atoms with Gasteiger partial charge in [0, 0.05) is 10.1 Å². The lowest BCUT2D eigenvalue weighted by molar-refractivity contribution is 0.0937. The van der Waals surface area contributed by atoms with Crippen LogP contribution in [0.1, 0.15) is 37.0 Å². The minimum absolute atomic E-state index is 0.0438. The second-order valence-electron chi connectivity index (χ2n) is 5.36. The largest absolute Gasteiger partial charge is 0.507 e. The highest BCUT2D eigenvalue weighted by atomic mass is 127. The maximum Gasteiger partial charge on any atom is 0.255 e. The van der Waals surface area contributed by atoms with Crippen LogP contribution in [0.5, 0.6) is 5.75 Å². The van der Waals surface area contributed by atoms with Gasteiger partial charge in [-0.25, -0.2) is 0 Å². The fourth-order valence-electron chi connectivity index (χ4n) is 2.16. The van der Waals surface area contributed by atoms with Gasteiger partial charge in [0.2, 0.25) is 0 Å². The van der Waals surface area contributed by atoms with Crippen LogP contribution in [0.3, 0.4) is 0 Å². The van der Waals surface area contributed by atoms with Crippen molar-refractivity contribution in [3.63, 3.8) is 0 Å². The molecule has 1 fully saturated rings. The summed E-state index contributed by atoms with van der Waals surface area (Å²) in [7, 11) is 0. The minimum atomic E-state index is -0.182. The van der Waals surface area contributed by atoms with Crippen molar-refractivity contribution in [2.45, 2.75) is 26.7 Å². The first kappa shape index (κ1) is 13.6. The van der Waals surface area contributed by atoms with E-state index >= 15 is 0 Å². The summed E-state index contributed by atoms with van der Waals surface area (Å²) < 4.78 is 0.945. The molecule has 0 unspecified atom stereocenters. The Morgan fingerprint density at radius 3 is 2.72 bits per heavy atom. The molecule has 2 N–H and O–H groups in total. The van der Waals surface area contributed by atoms with E-state index in [1.54, 1.807) is 18.2 Å². The van der Waals surface area contributed by atoms with Crippen molar-refractivity contribution in [3.8, 4) is 5.75 Å². The minimum Gasteiger partial charge on any atom is -0.507 e. The molecule has 0 aromatic heterocycles. The van der Waals surface area contributed by atoms with Gasteiger partial charge in [-0.05, 0) is 65.0 Å². The standard InChI is InChI=1S/C14H18INO2/c1-9(2)14(5-6-14)8-16-13(18)11-7-10(15)3-4-12(11)17/h3-4,7,9,17H,5-6,8H2,1-2H3,(H,16,18). The Kier molecular flexibility index (Phi) is 3.84. The van der Waals surface area contributed by atoms with Gasteiger partial charge in [-0.3, -0.25) is 4.79 Å². The third-order valence-corrected chi connectivity index (χ3v) is 4.59. The highest BCUT2D eigenvalue weighted by Crippen LogP contribution is 2.51. The van der Waals surface area contributed by atoms with Crippen LogP contribution >= 0.6 is 22.6 Å². The van der Waals surface area contributed by atoms with Crippen molar-refractivity contribution in [1.29, 1.82) is 0 Å². The van der Waals surface area contributed by atoms with Crippen molar-refractivity contribution in [2.75, 3.05) is 6.54 Å². The van der Waals surface area contributed by atoms with Crippen molar-refractivity contribution in [1.82, 2.24) is 5.32 Å². The van der Waals surface area contributed by atoms with Crippen molar-refractivity contribution in [2.24, 2.45) is 11.3 Å². The van der Waals surface area contributed by atoms with E-state index in [0.29, 0.717) is 18.0 Å². The lowest BCUT2D eigenvalue weighted by Gasteiger charge is -2.20. The molecule has 1 aromatic carbocycles. The lowest BCUT2D eigenvalue weighted by atomic mass is 9.92. The van der Waals surface area contributed by atoms with E-state index in [4.69, 9.17) is 0 Å². The number of rotatable bonds is 4. The number of benzene rings is 1. The number of amides is 1. The molecule has 1 amide bonds. The van der Waals surface area contributed by atoms with Gasteiger partial charge in [0.05, 0.1) is 5.56 Å². The van der Waals surface area contributed by atoms with Crippen molar-refractivity contribution in [3.05, 3.63) is 27.3 Å². The first-order valence-electron chi connectivity index (χ1n) is 6.21. The maximum atomic E-state index is 12.0. The number of carbonyl (C=O) groups is 1. The Morgan fingerprint density at radius 2 is 2.17 bits per heavy atom. The summed E-state index contributed by atoms with van der Waals surface area (Å²) >= 11 is 2.13. The molecule has 1 aliphatic carbocycles. The quantitative estimate of drug-likeness (QED) is 0.812. The summed E-state index contributed by atoms with van der Waals surface area (Å²) in [5.41, 5.74) is 0.647. The zero-order valence-corrected chi connectivity index (χ0v) is 12.8. The topological polar surface area (TPSA) is 49.3 Å². The molecule has 0 bridgehead atoms. The van der Waals surface area contributed by atoms with E-state index in [9.17, 15) is 9.90 Å². The molecule has 0 heterocycles. The van der Waals surface area contributed by atoms with Crippen LogP contribution in [0.4, 0.5) is 0 Å². The molecule has 3 nitrogen and oxygen atoms in total. The molecule has 0 saturated heterocycles. The predicted molar refractivity (Wildman–Crippen MR) is 79.7 cm³/mol. The molecule has 1 saturated carbocycles. The summed E-state index contributed by atoms with van der Waals surface area (Å²) in [5, 5.41) is 12.6. The number of hydrogen-bond acceptors (Lipinski definition) is 2. The van der Waals surface area contributed by atoms with Crippen LogP contribution in [0.2, 0.25) is 0 Å². The van der Waals surface area contributed by atoms with Crippen LogP contribution in [0.15, 0.2) is 18.2 Å². The summed E-state index contributed by atoms with van der Waals surface area (Å²) in [4.78, 5) is 12.0. The molecule has 1 aliphatic rings. The molecule has 4 heteroatoms. The van der Waals surface area contributed by atoms with Gasteiger partial charge in [-0.1, -0.05) is 13.8 Å². The van der Waals surface area contributed by atoms with Crippen LogP contribution in [-0.4, -0.2) is 17.6 Å². The third kappa shape index (κ3) is 2.79. The summed E-state index contributed by atoms with van der Waals surface area (Å²) in [6, 6.07) is 5.05. The van der Waals surface area contributed by atoms with Crippen LogP contribution in [0, 0.1) is 14.9 Å². The second-order valence-corrected chi connectivity index (χ2v) is 6.61. The first-order valence-corrected chi connectivity index (χ1v) is 7.29. The average Bonchev–Trinajstić information content (AvgIpc) is 3.10. The molecule has 2 rings (SSSR count). The van der Waals surface area contributed by atoms with E-state index in [0.717, 1.165) is 3.57 Å². The fraction of sp³-hybridized carbons (Fsp3) is 0.500. The van der Waals surface area contributed by atoms with Gasteiger partial charge >= 0.3 is 0 Å². The Morgan fingerprint density at radius 1 is 1.50 bits per heavy atom. The molecule has 0 spiro atoms. The Hall–Kier alpha value is -0.780. The monoisotopic (exact) mass is 359 g/mol. The smallest absolute Gasteiger partial charge is 0.255 e. The average molecular weight is 359 g/mol. The summed E-state index contributed by atoms with van der Waals surface area (Å²) in [6.45, 7) is 5.10. The number of phenols is 1. The number of phenolic OH excluding ortho intramolecular Hbond substituents is 1. The number of nitrogens with one attached hydrogen (secondary N) is 1. The second kappa shape index (κ2) is 5.07. The molecule has 98 valence electrons. The lowest BCUT2D eigenvalue weighted by Crippen LogP contribution is -2.32. The zero-order chi connectivity index (χ0) is 13.3. The molecule has 0 radical (unpaired) electrons. The molecule has 0 atom stereocenters. The molecule has 0 aliphatic heterocycles. The van der Waals surface area contributed by atoms with Gasteiger partial charge in [0.25, 0.3) is 5.91 Å². The highest BCUT2D eigenvalue weighted by Gasteiger charge is 2.45. The third-order valence-electron chi connectivity index (χ3n) is 3.92. The van der Waals surface area contributed by atoms with E-state index < -0.39 is 0 Å². The maximum absolute atomic E-state index is 12.0. The van der Waals surface area contributed by atoms with E-state index in [1.165, 1.54) is 12.8 Å². The first-order chi connectivity index (χ1) is 8.44. The van der Waals surface area contributed by atoms with Crippen LogP contribution in [-0.2, 0) is 0 Å². The number of carbonyl (C=O) groups excluding carboxylic acids is 1. The van der Waals surface area contributed by atoms with Crippen molar-refractivity contribution >= 4 is 28.5 Å². The number of hydrogen-bond donors (Lipinski definition) is 2. The van der Waals surface area contributed by atoms with Gasteiger partial charge in [0.15, 0.2) is 0 Å². The zero-order valence-electron chi connectivity index (χ0n) is 10.7. The van der Waals surface area contributed by atoms with Gasteiger partial charge in [-0.2, -0.15) is 0 Å². The SMILES string of the molecule is CC(C)C1(CNC(=O)c2cc(I)ccc2O)CC1. The normalized spacial score (nSPS) is 16.7. The number of aromatic hydroxyl groups is 1. The predicted octanol–water partition coefficient (Wildman–Crippen LogP) is 3.16. The van der Waals surface area contributed by atoms with Crippen LogP contribution < -0.4 is 5.32 Å². The highest BCUT2D eigenvalue weighted by molar-refractivity contribution is 14.1. The van der Waals surface area contributed by atoms with E-state index in [-0.39, 0.29) is 17.1 Å². The summed E-state index contributed by atoms with van der Waals surface area (Å²) in [5.74, 6) is 0.447. The van der Waals surface area contributed by atoms with Gasteiger partial charge in [-0.15, -0.1) is 0 Å². The van der Waals surface area contributed by atoms with E-state index in [2.05, 4.69) is 41.8 Å². The fourth-order valence-corrected chi connectivity index (χ4v) is 2.65. The van der Waals surface area contributed by atoms with Gasteiger partial charge < -0.3 is 10.4 Å². The summed E-state index contributed by atoms with van der Waals surface area (Å²) in [6.07, 6.45) is 2.37. The Labute approximate surface area is 121 Å². The molecular weight excluding hydrogens is 341 g/mol. The Bertz CT molecular complexity index is 467. The van der Waals surface area contributed by atoms with Gasteiger partial charge in [0.1, 0.15) is 5.75 Å². The van der Waals surface area contributed by atoms with Crippen molar-refractivity contribution < 1.29 is 9.90 Å². The molecule has 18 heavy (non-hydrogen) atoms. The molecule has 1 aromatic rings. The Balaban J connectivity index is 2.02. The van der Waals surface area contributed by atoms with Crippen LogP contribution in [0.25, 0.3) is 0 Å². The molecular formula is C14H18INO2.